The molecule has 0 atom stereocenters. The van der Waals surface area contributed by atoms with Crippen LogP contribution in [-0.4, -0.2) is 16.0 Å². The number of carbonyl (C=O) groups is 1. The minimum atomic E-state index is -2.60. The summed E-state index contributed by atoms with van der Waals surface area (Å²) in [6, 6.07) is 4.46. The highest BCUT2D eigenvalue weighted by atomic mass is 32.1. The number of carbonyl (C=O) groups excluding carboxylic acids is 1. The van der Waals surface area contributed by atoms with Gasteiger partial charge in [-0.1, -0.05) is 18.3 Å². The van der Waals surface area contributed by atoms with Crippen LogP contribution in [0.25, 0.3) is 0 Å². The molecule has 1 aromatic heterocycles. The van der Waals surface area contributed by atoms with Crippen molar-refractivity contribution >= 4 is 22.4 Å². The third-order valence-corrected chi connectivity index (χ3v) is 3.60. The molecule has 1 aromatic carbocycles. The van der Waals surface area contributed by atoms with Crippen LogP contribution in [0.1, 0.15) is 34.1 Å². The van der Waals surface area contributed by atoms with E-state index in [0.717, 1.165) is 17.5 Å². The molecule has 20 heavy (non-hydrogen) atoms. The number of rotatable bonds is 4. The van der Waals surface area contributed by atoms with E-state index in [2.05, 4.69) is 10.3 Å². The first-order valence-corrected chi connectivity index (χ1v) is 6.70. The first-order valence-electron chi connectivity index (χ1n) is 5.88. The Morgan fingerprint density at radius 2 is 2.25 bits per heavy atom. The van der Waals surface area contributed by atoms with Crippen LogP contribution >= 0.6 is 11.3 Å². The SMILES string of the molecule is CCc1cc(C(=O)Nc2ncc(C(F)F)s2)ccc1O. The standard InChI is InChI=1S/C13H12F2N2O2S/c1-2-7-5-8(3-4-9(7)18)12(19)17-13-16-6-10(20-13)11(14)15/h3-6,11,18H,2H2,1H3,(H,16,17,19). The number of amides is 1. The van der Waals surface area contributed by atoms with Gasteiger partial charge in [0.2, 0.25) is 0 Å². The van der Waals surface area contributed by atoms with Gasteiger partial charge >= 0.3 is 0 Å². The summed E-state index contributed by atoms with van der Waals surface area (Å²) in [6.45, 7) is 1.85. The van der Waals surface area contributed by atoms with E-state index in [9.17, 15) is 18.7 Å². The summed E-state index contributed by atoms with van der Waals surface area (Å²) in [7, 11) is 0. The minimum Gasteiger partial charge on any atom is -0.508 e. The van der Waals surface area contributed by atoms with E-state index >= 15 is 0 Å². The molecule has 2 rings (SSSR count). The molecule has 0 aliphatic heterocycles. The van der Waals surface area contributed by atoms with Crippen molar-refractivity contribution in [2.24, 2.45) is 0 Å². The largest absolute Gasteiger partial charge is 0.508 e. The summed E-state index contributed by atoms with van der Waals surface area (Å²) >= 11 is 0.735. The lowest BCUT2D eigenvalue weighted by atomic mass is 10.1. The van der Waals surface area contributed by atoms with Gasteiger partial charge in [-0.15, -0.1) is 0 Å². The number of phenolic OH excluding ortho intramolecular Hbond substituents is 1. The number of halogens is 2. The molecular weight excluding hydrogens is 286 g/mol. The fourth-order valence-electron chi connectivity index (χ4n) is 1.62. The Hall–Kier alpha value is -2.02. The van der Waals surface area contributed by atoms with E-state index in [1.807, 2.05) is 6.92 Å². The predicted octanol–water partition coefficient (Wildman–Crippen LogP) is 3.60. The fraction of sp³-hybridized carbons (Fsp3) is 0.231. The van der Waals surface area contributed by atoms with Gasteiger partial charge in [0.15, 0.2) is 5.13 Å². The summed E-state index contributed by atoms with van der Waals surface area (Å²) in [5, 5.41) is 12.1. The number of aromatic nitrogens is 1. The topological polar surface area (TPSA) is 62.2 Å². The maximum atomic E-state index is 12.4. The summed E-state index contributed by atoms with van der Waals surface area (Å²) in [5.41, 5.74) is 0.985. The van der Waals surface area contributed by atoms with Crippen molar-refractivity contribution in [3.05, 3.63) is 40.4 Å². The Bertz CT molecular complexity index is 629. The normalized spacial score (nSPS) is 10.8. The van der Waals surface area contributed by atoms with Crippen LogP contribution in [-0.2, 0) is 6.42 Å². The Kier molecular flexibility index (Phi) is 4.29. The van der Waals surface area contributed by atoms with Crippen molar-refractivity contribution in [2.75, 3.05) is 5.32 Å². The van der Waals surface area contributed by atoms with E-state index in [-0.39, 0.29) is 15.8 Å². The number of nitrogens with zero attached hydrogens (tertiary/aromatic N) is 1. The number of phenols is 1. The predicted molar refractivity (Wildman–Crippen MR) is 72.5 cm³/mol. The molecule has 106 valence electrons. The van der Waals surface area contributed by atoms with Crippen LogP contribution < -0.4 is 5.32 Å². The molecular formula is C13H12F2N2O2S. The molecule has 0 fully saturated rings. The molecule has 0 spiro atoms. The number of thiazole rings is 1. The molecule has 4 nitrogen and oxygen atoms in total. The molecule has 0 bridgehead atoms. The van der Waals surface area contributed by atoms with Crippen LogP contribution in [0.4, 0.5) is 13.9 Å². The molecule has 0 aliphatic carbocycles. The third kappa shape index (κ3) is 3.11. The summed E-state index contributed by atoms with van der Waals surface area (Å²) in [6.07, 6.45) is -0.975. The van der Waals surface area contributed by atoms with Gasteiger partial charge in [0.05, 0.1) is 4.88 Å². The highest BCUT2D eigenvalue weighted by molar-refractivity contribution is 7.15. The molecule has 0 unspecified atom stereocenters. The maximum Gasteiger partial charge on any atom is 0.274 e. The van der Waals surface area contributed by atoms with Gasteiger partial charge in [0, 0.05) is 11.8 Å². The lowest BCUT2D eigenvalue weighted by Gasteiger charge is -2.05. The van der Waals surface area contributed by atoms with E-state index in [4.69, 9.17) is 0 Å². The lowest BCUT2D eigenvalue weighted by molar-refractivity contribution is 0.102. The number of aryl methyl sites for hydroxylation is 1. The van der Waals surface area contributed by atoms with Crippen molar-refractivity contribution in [1.29, 1.82) is 0 Å². The van der Waals surface area contributed by atoms with Crippen LogP contribution in [0.15, 0.2) is 24.4 Å². The van der Waals surface area contributed by atoms with Crippen LogP contribution in [0.5, 0.6) is 5.75 Å². The smallest absolute Gasteiger partial charge is 0.274 e. The van der Waals surface area contributed by atoms with Crippen molar-refractivity contribution in [2.45, 2.75) is 19.8 Å². The second-order valence-corrected chi connectivity index (χ2v) is 5.08. The monoisotopic (exact) mass is 298 g/mol. The van der Waals surface area contributed by atoms with E-state index in [1.54, 1.807) is 6.07 Å². The number of nitrogens with one attached hydrogen (secondary N) is 1. The Labute approximate surface area is 118 Å². The lowest BCUT2D eigenvalue weighted by Crippen LogP contribution is -2.11. The van der Waals surface area contributed by atoms with Crippen LogP contribution in [0.3, 0.4) is 0 Å². The highest BCUT2D eigenvalue weighted by Crippen LogP contribution is 2.28. The Morgan fingerprint density at radius 3 is 2.85 bits per heavy atom. The second-order valence-electron chi connectivity index (χ2n) is 4.02. The van der Waals surface area contributed by atoms with Gasteiger partial charge in [0.1, 0.15) is 5.75 Å². The first-order chi connectivity index (χ1) is 9.51. The van der Waals surface area contributed by atoms with Crippen LogP contribution in [0, 0.1) is 0 Å². The summed E-state index contributed by atoms with van der Waals surface area (Å²) < 4.78 is 24.8. The van der Waals surface area contributed by atoms with Gasteiger partial charge in [-0.05, 0) is 30.2 Å². The van der Waals surface area contributed by atoms with Gasteiger partial charge in [-0.3, -0.25) is 10.1 Å². The number of anilines is 1. The second kappa shape index (κ2) is 5.96. The summed E-state index contributed by atoms with van der Waals surface area (Å²) in [5.74, 6) is -0.326. The van der Waals surface area contributed by atoms with E-state index in [0.29, 0.717) is 17.5 Å². The number of benzene rings is 1. The van der Waals surface area contributed by atoms with Crippen molar-refractivity contribution in [3.63, 3.8) is 0 Å². The number of alkyl halides is 2. The average Bonchev–Trinajstić information content (AvgIpc) is 2.88. The van der Waals surface area contributed by atoms with Gasteiger partial charge < -0.3 is 5.11 Å². The van der Waals surface area contributed by atoms with E-state index < -0.39 is 12.3 Å². The zero-order valence-electron chi connectivity index (χ0n) is 10.6. The maximum absolute atomic E-state index is 12.4. The minimum absolute atomic E-state index is 0.122. The summed E-state index contributed by atoms with van der Waals surface area (Å²) in [4.78, 5) is 15.5. The van der Waals surface area contributed by atoms with Crippen molar-refractivity contribution in [3.8, 4) is 5.75 Å². The molecule has 0 radical (unpaired) electrons. The van der Waals surface area contributed by atoms with E-state index in [1.165, 1.54) is 12.1 Å². The molecule has 7 heteroatoms. The highest BCUT2D eigenvalue weighted by Gasteiger charge is 2.14. The zero-order valence-corrected chi connectivity index (χ0v) is 11.4. The first kappa shape index (κ1) is 14.4. The quantitative estimate of drug-likeness (QED) is 0.906. The van der Waals surface area contributed by atoms with Gasteiger partial charge in [-0.25, -0.2) is 13.8 Å². The third-order valence-electron chi connectivity index (χ3n) is 2.68. The molecule has 2 N–H and O–H groups in total. The Morgan fingerprint density at radius 1 is 1.50 bits per heavy atom. The van der Waals surface area contributed by atoms with Gasteiger partial charge in [0.25, 0.3) is 12.3 Å². The molecule has 0 saturated carbocycles. The van der Waals surface area contributed by atoms with Crippen molar-refractivity contribution < 1.29 is 18.7 Å². The Balaban J connectivity index is 2.15. The molecule has 0 aliphatic rings. The number of hydrogen-bond donors (Lipinski definition) is 2. The molecule has 2 aromatic rings. The molecule has 0 saturated heterocycles. The van der Waals surface area contributed by atoms with Crippen molar-refractivity contribution in [1.82, 2.24) is 4.98 Å². The fourth-order valence-corrected chi connectivity index (χ4v) is 2.29. The molecule has 1 amide bonds. The number of aromatic hydroxyl groups is 1. The van der Waals surface area contributed by atoms with Crippen LogP contribution in [0.2, 0.25) is 0 Å². The average molecular weight is 298 g/mol. The van der Waals surface area contributed by atoms with Gasteiger partial charge in [-0.2, -0.15) is 0 Å². The number of hydrogen-bond acceptors (Lipinski definition) is 4. The molecule has 1 heterocycles. The zero-order chi connectivity index (χ0) is 14.7.